The van der Waals surface area contributed by atoms with Crippen LogP contribution in [0.3, 0.4) is 0 Å². The average Bonchev–Trinajstić information content (AvgIpc) is 2.15. The molecule has 0 amide bonds. The van der Waals surface area contributed by atoms with Gasteiger partial charge in [0.1, 0.15) is 4.90 Å². The van der Waals surface area contributed by atoms with Gasteiger partial charge in [0, 0.05) is 6.20 Å². The van der Waals surface area contributed by atoms with Crippen LogP contribution in [0.5, 0.6) is 0 Å². The molecule has 5 nitrogen and oxygen atoms in total. The van der Waals surface area contributed by atoms with Crippen LogP contribution in [0.25, 0.3) is 0 Å². The van der Waals surface area contributed by atoms with Crippen molar-refractivity contribution in [2.75, 3.05) is 7.11 Å². The van der Waals surface area contributed by atoms with Crippen molar-refractivity contribution in [3.63, 3.8) is 0 Å². The molecule has 1 heterocycles. The highest BCUT2D eigenvalue weighted by molar-refractivity contribution is 7.86. The van der Waals surface area contributed by atoms with Gasteiger partial charge in [0.2, 0.25) is 0 Å². The lowest BCUT2D eigenvalue weighted by Crippen LogP contribution is -2.08. The highest BCUT2D eigenvalue weighted by atomic mass is 32.3. The Balaban J connectivity index is 3.27. The molecule has 0 atom stereocenters. The third kappa shape index (κ3) is 2.50. The predicted molar refractivity (Wildman–Crippen MR) is 48.6 cm³/mol. The third-order valence-corrected chi connectivity index (χ3v) is 2.50. The maximum absolute atomic E-state index is 12.5. The lowest BCUT2D eigenvalue weighted by atomic mass is 10.2. The fraction of sp³-hybridized carbons (Fsp3) is 0.250. The van der Waals surface area contributed by atoms with Crippen LogP contribution in [0.15, 0.2) is 17.2 Å². The van der Waals surface area contributed by atoms with Crippen LogP contribution in [-0.2, 0) is 15.0 Å². The van der Waals surface area contributed by atoms with Gasteiger partial charge in [-0.15, -0.1) is 3.89 Å². The number of methoxy groups -OCH3 is 1. The zero-order valence-electron chi connectivity index (χ0n) is 8.02. The molecule has 1 aromatic rings. The lowest BCUT2D eigenvalue weighted by molar-refractivity contribution is 0.0593. The molecule has 0 aromatic carbocycles. The van der Waals surface area contributed by atoms with Crippen LogP contribution < -0.4 is 0 Å². The molecular weight excluding hydrogens is 225 g/mol. The van der Waals surface area contributed by atoms with Crippen LogP contribution in [0.2, 0.25) is 0 Å². The third-order valence-electron chi connectivity index (χ3n) is 1.71. The quantitative estimate of drug-likeness (QED) is 0.559. The highest BCUT2D eigenvalue weighted by Crippen LogP contribution is 2.15. The van der Waals surface area contributed by atoms with Crippen molar-refractivity contribution < 1.29 is 21.8 Å². The SMILES string of the molecule is COC(=O)c1ncc(S(=O)(=O)F)cc1C. The molecule has 0 spiro atoms. The number of halogens is 1. The van der Waals surface area contributed by atoms with E-state index in [4.69, 9.17) is 0 Å². The van der Waals surface area contributed by atoms with Gasteiger partial charge in [-0.1, -0.05) is 0 Å². The molecule has 0 aliphatic carbocycles. The van der Waals surface area contributed by atoms with Crippen LogP contribution in [-0.4, -0.2) is 26.5 Å². The summed E-state index contributed by atoms with van der Waals surface area (Å²) in [5, 5.41) is 0. The fourth-order valence-corrected chi connectivity index (χ4v) is 1.49. The molecule has 1 rings (SSSR count). The summed E-state index contributed by atoms with van der Waals surface area (Å²) in [5.74, 6) is -0.699. The second-order valence-corrected chi connectivity index (χ2v) is 4.11. The summed E-state index contributed by atoms with van der Waals surface area (Å²) in [7, 11) is -3.62. The summed E-state index contributed by atoms with van der Waals surface area (Å²) >= 11 is 0. The largest absolute Gasteiger partial charge is 0.464 e. The van der Waals surface area contributed by atoms with Gasteiger partial charge in [-0.05, 0) is 18.6 Å². The number of carbonyl (C=O) groups excluding carboxylic acids is 1. The normalized spacial score (nSPS) is 11.1. The number of hydrogen-bond donors (Lipinski definition) is 0. The van der Waals surface area contributed by atoms with E-state index < -0.39 is 21.1 Å². The van der Waals surface area contributed by atoms with Gasteiger partial charge in [0.05, 0.1) is 7.11 Å². The number of nitrogens with zero attached hydrogens (tertiary/aromatic N) is 1. The average molecular weight is 233 g/mol. The fourth-order valence-electron chi connectivity index (χ4n) is 0.993. The molecule has 82 valence electrons. The van der Waals surface area contributed by atoms with Crippen molar-refractivity contribution in [2.24, 2.45) is 0 Å². The summed E-state index contributed by atoms with van der Waals surface area (Å²) in [6.45, 7) is 1.44. The Morgan fingerprint density at radius 3 is 2.53 bits per heavy atom. The Bertz CT molecular complexity index is 497. The first-order chi connectivity index (χ1) is 6.86. The minimum atomic E-state index is -4.79. The van der Waals surface area contributed by atoms with Gasteiger partial charge in [-0.3, -0.25) is 0 Å². The van der Waals surface area contributed by atoms with E-state index >= 15 is 0 Å². The zero-order valence-corrected chi connectivity index (χ0v) is 8.84. The monoisotopic (exact) mass is 233 g/mol. The van der Waals surface area contributed by atoms with Crippen molar-refractivity contribution in [2.45, 2.75) is 11.8 Å². The molecular formula is C8H8FNO4S. The number of rotatable bonds is 2. The number of ether oxygens (including phenoxy) is 1. The first-order valence-corrected chi connectivity index (χ1v) is 5.24. The van der Waals surface area contributed by atoms with Crippen molar-refractivity contribution in [1.29, 1.82) is 0 Å². The number of carbonyl (C=O) groups is 1. The molecule has 0 fully saturated rings. The number of hydrogen-bond acceptors (Lipinski definition) is 5. The number of aromatic nitrogens is 1. The van der Waals surface area contributed by atoms with Gasteiger partial charge in [0.15, 0.2) is 5.69 Å². The predicted octanol–water partition coefficient (Wildman–Crippen LogP) is 0.835. The second-order valence-electron chi connectivity index (χ2n) is 2.77. The lowest BCUT2D eigenvalue weighted by Gasteiger charge is -2.03. The Morgan fingerprint density at radius 1 is 1.53 bits per heavy atom. The van der Waals surface area contributed by atoms with Crippen LogP contribution in [0.4, 0.5) is 3.89 Å². The molecule has 7 heteroatoms. The van der Waals surface area contributed by atoms with E-state index in [0.29, 0.717) is 0 Å². The van der Waals surface area contributed by atoms with E-state index in [1.807, 2.05) is 0 Å². The second kappa shape index (κ2) is 3.93. The topological polar surface area (TPSA) is 73.3 Å². The van der Waals surface area contributed by atoms with Gasteiger partial charge in [0.25, 0.3) is 0 Å². The number of aryl methyl sites for hydroxylation is 1. The van der Waals surface area contributed by atoms with E-state index in [-0.39, 0.29) is 11.3 Å². The van der Waals surface area contributed by atoms with E-state index in [2.05, 4.69) is 9.72 Å². The highest BCUT2D eigenvalue weighted by Gasteiger charge is 2.17. The molecule has 1 aromatic heterocycles. The molecule has 0 radical (unpaired) electrons. The van der Waals surface area contributed by atoms with Gasteiger partial charge >= 0.3 is 16.2 Å². The Morgan fingerprint density at radius 2 is 2.13 bits per heavy atom. The molecule has 0 N–H and O–H groups in total. The molecule has 15 heavy (non-hydrogen) atoms. The minimum absolute atomic E-state index is 0.0371. The molecule has 0 saturated carbocycles. The van der Waals surface area contributed by atoms with Gasteiger partial charge < -0.3 is 4.74 Å². The van der Waals surface area contributed by atoms with E-state index in [0.717, 1.165) is 12.3 Å². The van der Waals surface area contributed by atoms with Crippen LogP contribution >= 0.6 is 0 Å². The summed E-state index contributed by atoms with van der Waals surface area (Å²) in [5.41, 5.74) is 0.200. The molecule has 0 aliphatic heterocycles. The first kappa shape index (κ1) is 11.6. The van der Waals surface area contributed by atoms with Crippen LogP contribution in [0, 0.1) is 6.92 Å². The van der Waals surface area contributed by atoms with E-state index in [1.54, 1.807) is 0 Å². The van der Waals surface area contributed by atoms with E-state index in [1.165, 1.54) is 14.0 Å². The van der Waals surface area contributed by atoms with Crippen molar-refractivity contribution in [1.82, 2.24) is 4.98 Å². The first-order valence-electron chi connectivity index (χ1n) is 3.86. The van der Waals surface area contributed by atoms with E-state index in [9.17, 15) is 17.1 Å². The van der Waals surface area contributed by atoms with Crippen molar-refractivity contribution in [3.8, 4) is 0 Å². The summed E-state index contributed by atoms with van der Waals surface area (Å²) in [4.78, 5) is 14.0. The maximum atomic E-state index is 12.5. The van der Waals surface area contributed by atoms with Crippen molar-refractivity contribution >= 4 is 16.2 Å². The Hall–Kier alpha value is -1.50. The van der Waals surface area contributed by atoms with Gasteiger partial charge in [-0.25, -0.2) is 9.78 Å². The summed E-state index contributed by atoms with van der Waals surface area (Å²) in [6.07, 6.45) is 0.772. The smallest absolute Gasteiger partial charge is 0.356 e. The molecule has 0 unspecified atom stereocenters. The van der Waals surface area contributed by atoms with Crippen LogP contribution in [0.1, 0.15) is 16.1 Å². The maximum Gasteiger partial charge on any atom is 0.356 e. The standard InChI is InChI=1S/C8H8FNO4S/c1-5-3-6(15(9,12)13)4-10-7(5)8(11)14-2/h3-4H,1-2H3. The Labute approximate surface area is 86.1 Å². The molecule has 0 bridgehead atoms. The summed E-state index contributed by atoms with van der Waals surface area (Å²) < 4.78 is 38.0. The Kier molecular flexibility index (Phi) is 3.04. The van der Waals surface area contributed by atoms with Gasteiger partial charge in [-0.2, -0.15) is 8.42 Å². The minimum Gasteiger partial charge on any atom is -0.464 e. The summed E-state index contributed by atoms with van der Waals surface area (Å²) in [6, 6.07) is 1.02. The molecule has 0 saturated heterocycles. The number of esters is 1. The van der Waals surface area contributed by atoms with Crippen molar-refractivity contribution in [3.05, 3.63) is 23.5 Å². The number of pyridine rings is 1. The zero-order chi connectivity index (χ0) is 11.6. The molecule has 0 aliphatic rings.